The van der Waals surface area contributed by atoms with Crippen molar-refractivity contribution in [1.82, 2.24) is 8.61 Å². The lowest BCUT2D eigenvalue weighted by atomic mass is 10.2. The first kappa shape index (κ1) is 32.0. The summed E-state index contributed by atoms with van der Waals surface area (Å²) in [5.74, 6) is 0. The molecule has 0 amide bonds. The highest BCUT2D eigenvalue weighted by Crippen LogP contribution is 2.26. The van der Waals surface area contributed by atoms with Crippen LogP contribution in [-0.2, 0) is 39.0 Å². The van der Waals surface area contributed by atoms with E-state index in [-0.39, 0.29) is 87.8 Å². The maximum atomic E-state index is 13.4. The molecule has 1 saturated heterocycles. The number of aryl methyl sites for hydroxylation is 2. The van der Waals surface area contributed by atoms with Crippen LogP contribution in [0.3, 0.4) is 0 Å². The number of ether oxygens (including phenoxy) is 4. The highest BCUT2D eigenvalue weighted by atomic mass is 32.2. The summed E-state index contributed by atoms with van der Waals surface area (Å²) < 4.78 is 80.0. The SMILES string of the molecule is Cc1ccc(S(=O)(=O)N2CCOCCOCCN(S(=O)(=O)c3ccc(C)cc3)CCO[C@@H]3CCC[C@@H]3OCC2)cc1. The van der Waals surface area contributed by atoms with E-state index in [0.717, 1.165) is 30.4 Å². The largest absolute Gasteiger partial charge is 0.378 e. The minimum atomic E-state index is -3.73. The Labute approximate surface area is 244 Å². The van der Waals surface area contributed by atoms with Crippen molar-refractivity contribution in [2.24, 2.45) is 0 Å². The van der Waals surface area contributed by atoms with E-state index in [4.69, 9.17) is 18.9 Å². The van der Waals surface area contributed by atoms with Crippen LogP contribution in [0, 0.1) is 13.8 Å². The summed E-state index contributed by atoms with van der Waals surface area (Å²) in [5.41, 5.74) is 1.97. The molecule has 4 rings (SSSR count). The van der Waals surface area contributed by atoms with Gasteiger partial charge in [-0.05, 0) is 57.4 Å². The van der Waals surface area contributed by atoms with E-state index in [0.29, 0.717) is 0 Å². The van der Waals surface area contributed by atoms with Gasteiger partial charge in [-0.1, -0.05) is 35.4 Å². The van der Waals surface area contributed by atoms with E-state index in [9.17, 15) is 16.8 Å². The van der Waals surface area contributed by atoms with Crippen LogP contribution in [0.15, 0.2) is 58.3 Å². The third-order valence-corrected chi connectivity index (χ3v) is 11.2. The number of hydrogen-bond donors (Lipinski definition) is 0. The molecule has 2 fully saturated rings. The number of fused-ring (bicyclic) bond motifs is 1. The maximum absolute atomic E-state index is 13.4. The Morgan fingerprint density at radius 1 is 0.561 bits per heavy atom. The topological polar surface area (TPSA) is 112 Å². The minimum absolute atomic E-state index is 0.173. The summed E-state index contributed by atoms with van der Waals surface area (Å²) in [6.45, 7) is 5.87. The van der Waals surface area contributed by atoms with E-state index in [1.165, 1.54) is 8.61 Å². The van der Waals surface area contributed by atoms with Crippen molar-refractivity contribution >= 4 is 20.0 Å². The molecule has 2 aromatic rings. The van der Waals surface area contributed by atoms with Gasteiger partial charge in [-0.25, -0.2) is 16.8 Å². The monoisotopic (exact) mass is 610 g/mol. The van der Waals surface area contributed by atoms with Gasteiger partial charge in [0, 0.05) is 26.2 Å². The standard InChI is InChI=1S/C29H42N2O8S2/c1-24-6-10-26(11-7-24)40(32,33)30-14-18-36-22-23-37-19-15-31(41(34,35)27-12-8-25(2)9-13-27)17-21-39-29-5-3-4-28(29)38-20-16-30/h6-13,28-29H,3-5,14-23H2,1-2H3/t28-,29+. The molecule has 2 atom stereocenters. The number of sulfonamides is 2. The fraction of sp³-hybridized carbons (Fsp3) is 0.586. The number of hydrogen-bond acceptors (Lipinski definition) is 8. The zero-order chi connectivity index (χ0) is 29.3. The van der Waals surface area contributed by atoms with E-state index < -0.39 is 20.0 Å². The highest BCUT2D eigenvalue weighted by Gasteiger charge is 2.31. The van der Waals surface area contributed by atoms with Crippen molar-refractivity contribution in [3.63, 3.8) is 0 Å². The molecule has 0 bridgehead atoms. The number of benzene rings is 2. The second-order valence-corrected chi connectivity index (χ2v) is 14.3. The fourth-order valence-corrected chi connectivity index (χ4v) is 7.78. The first-order valence-electron chi connectivity index (χ1n) is 14.2. The molecule has 1 aliphatic heterocycles. The predicted octanol–water partition coefficient (Wildman–Crippen LogP) is 2.99. The highest BCUT2D eigenvalue weighted by molar-refractivity contribution is 7.89. The van der Waals surface area contributed by atoms with Gasteiger partial charge in [0.05, 0.1) is 61.6 Å². The van der Waals surface area contributed by atoms with E-state index in [1.54, 1.807) is 48.5 Å². The molecule has 1 aliphatic carbocycles. The third-order valence-electron chi connectivity index (χ3n) is 7.40. The molecule has 0 unspecified atom stereocenters. The van der Waals surface area contributed by atoms with E-state index in [2.05, 4.69) is 0 Å². The van der Waals surface area contributed by atoms with Gasteiger partial charge in [0.2, 0.25) is 20.0 Å². The Kier molecular flexibility index (Phi) is 11.7. The van der Waals surface area contributed by atoms with Gasteiger partial charge in [-0.15, -0.1) is 0 Å². The molecule has 10 nitrogen and oxygen atoms in total. The lowest BCUT2D eigenvalue weighted by Gasteiger charge is -2.27. The van der Waals surface area contributed by atoms with Crippen LogP contribution in [0.5, 0.6) is 0 Å². The molecular weight excluding hydrogens is 568 g/mol. The smallest absolute Gasteiger partial charge is 0.243 e. The summed E-state index contributed by atoms with van der Waals surface area (Å²) in [4.78, 5) is 0.474. The van der Waals surface area contributed by atoms with Gasteiger partial charge in [0.25, 0.3) is 0 Å². The van der Waals surface area contributed by atoms with Crippen LogP contribution < -0.4 is 0 Å². The molecule has 1 saturated carbocycles. The van der Waals surface area contributed by atoms with Gasteiger partial charge in [-0.3, -0.25) is 0 Å². The van der Waals surface area contributed by atoms with Gasteiger partial charge < -0.3 is 18.9 Å². The molecule has 228 valence electrons. The normalized spacial score (nSPS) is 23.9. The molecule has 0 radical (unpaired) electrons. The zero-order valence-corrected chi connectivity index (χ0v) is 25.6. The summed E-state index contributed by atoms with van der Waals surface area (Å²) in [6, 6.07) is 13.6. The first-order chi connectivity index (χ1) is 19.7. The van der Waals surface area contributed by atoms with Crippen LogP contribution in [0.2, 0.25) is 0 Å². The van der Waals surface area contributed by atoms with Gasteiger partial charge >= 0.3 is 0 Å². The van der Waals surface area contributed by atoms with Crippen molar-refractivity contribution in [2.45, 2.75) is 55.1 Å². The molecule has 2 aromatic carbocycles. The third kappa shape index (κ3) is 8.80. The van der Waals surface area contributed by atoms with Gasteiger partial charge in [-0.2, -0.15) is 8.61 Å². The van der Waals surface area contributed by atoms with Crippen molar-refractivity contribution in [3.8, 4) is 0 Å². The van der Waals surface area contributed by atoms with Crippen molar-refractivity contribution in [2.75, 3.05) is 65.8 Å². The van der Waals surface area contributed by atoms with E-state index in [1.807, 2.05) is 13.8 Å². The second kappa shape index (κ2) is 15.0. The Balaban J connectivity index is 1.43. The Hall–Kier alpha value is -1.90. The Morgan fingerprint density at radius 3 is 1.32 bits per heavy atom. The summed E-state index contributed by atoms with van der Waals surface area (Å²) >= 11 is 0. The average molecular weight is 611 g/mol. The molecule has 1 heterocycles. The van der Waals surface area contributed by atoms with Crippen LogP contribution in [0.1, 0.15) is 30.4 Å². The molecule has 2 aliphatic rings. The minimum Gasteiger partial charge on any atom is -0.378 e. The zero-order valence-electron chi connectivity index (χ0n) is 23.9. The molecule has 41 heavy (non-hydrogen) atoms. The van der Waals surface area contributed by atoms with Crippen molar-refractivity contribution in [1.29, 1.82) is 0 Å². The van der Waals surface area contributed by atoms with Crippen LogP contribution in [-0.4, -0.2) is 103 Å². The molecule has 12 heteroatoms. The van der Waals surface area contributed by atoms with Gasteiger partial charge in [0.1, 0.15) is 0 Å². The van der Waals surface area contributed by atoms with Crippen LogP contribution in [0.25, 0.3) is 0 Å². The lowest BCUT2D eigenvalue weighted by Crippen LogP contribution is -2.39. The van der Waals surface area contributed by atoms with Crippen molar-refractivity contribution in [3.05, 3.63) is 59.7 Å². The molecule has 0 N–H and O–H groups in total. The maximum Gasteiger partial charge on any atom is 0.243 e. The molecular formula is C29H42N2O8S2. The first-order valence-corrected chi connectivity index (χ1v) is 17.1. The average Bonchev–Trinajstić information content (AvgIpc) is 3.39. The summed E-state index contributed by atoms with van der Waals surface area (Å²) in [5, 5.41) is 0. The predicted molar refractivity (Wildman–Crippen MR) is 155 cm³/mol. The molecule has 0 spiro atoms. The van der Waals surface area contributed by atoms with Crippen LogP contribution in [0.4, 0.5) is 0 Å². The van der Waals surface area contributed by atoms with Crippen molar-refractivity contribution < 1.29 is 35.8 Å². The number of rotatable bonds is 4. The summed E-state index contributed by atoms with van der Waals surface area (Å²) in [7, 11) is -7.45. The van der Waals surface area contributed by atoms with Gasteiger partial charge in [0.15, 0.2) is 0 Å². The van der Waals surface area contributed by atoms with E-state index >= 15 is 0 Å². The number of nitrogens with zero attached hydrogens (tertiary/aromatic N) is 2. The van der Waals surface area contributed by atoms with Crippen LogP contribution >= 0.6 is 0 Å². The Morgan fingerprint density at radius 2 is 0.927 bits per heavy atom. The Bertz CT molecular complexity index is 1200. The molecule has 0 aromatic heterocycles. The summed E-state index contributed by atoms with van der Waals surface area (Å²) in [6.07, 6.45) is 2.17. The second-order valence-electron chi connectivity index (χ2n) is 10.4. The quantitative estimate of drug-likeness (QED) is 0.520. The fourth-order valence-electron chi connectivity index (χ4n) is 4.96. The lowest BCUT2D eigenvalue weighted by molar-refractivity contribution is -0.0601.